The minimum Gasteiger partial charge on any atom is -0.478 e. The van der Waals surface area contributed by atoms with Gasteiger partial charge in [0.2, 0.25) is 0 Å². The Morgan fingerprint density at radius 3 is 2.21 bits per heavy atom. The summed E-state index contributed by atoms with van der Waals surface area (Å²) in [6.45, 7) is 0. The zero-order chi connectivity index (χ0) is 20.8. The average Bonchev–Trinajstić information content (AvgIpc) is 2.60. The Bertz CT molecular complexity index is 659. The van der Waals surface area contributed by atoms with Crippen LogP contribution < -0.4 is 4.74 Å². The van der Waals surface area contributed by atoms with Gasteiger partial charge in [-0.15, -0.1) is 0 Å². The summed E-state index contributed by atoms with van der Waals surface area (Å²) in [5, 5.41) is 8.57. The first-order chi connectivity index (χ1) is 13.0. The topological polar surface area (TPSA) is 46.5 Å². The van der Waals surface area contributed by atoms with Crippen LogP contribution in [-0.2, 0) is 4.79 Å². The molecule has 1 aliphatic rings. The maximum atomic E-state index is 14.4. The van der Waals surface area contributed by atoms with E-state index in [0.29, 0.717) is 24.8 Å². The molecule has 1 aromatic rings. The van der Waals surface area contributed by atoms with Crippen molar-refractivity contribution in [2.45, 2.75) is 57.2 Å². The first-order valence-corrected chi connectivity index (χ1v) is 9.20. The van der Waals surface area contributed by atoms with Crippen LogP contribution in [0.15, 0.2) is 30.3 Å². The summed E-state index contributed by atoms with van der Waals surface area (Å²) in [5.74, 6) is -2.06. The van der Waals surface area contributed by atoms with Crippen molar-refractivity contribution >= 4 is 12.0 Å². The number of benzene rings is 1. The van der Waals surface area contributed by atoms with Crippen LogP contribution in [0, 0.1) is 11.8 Å². The highest BCUT2D eigenvalue weighted by Crippen LogP contribution is 2.41. The van der Waals surface area contributed by atoms with E-state index in [9.17, 15) is 26.7 Å². The Kier molecular flexibility index (Phi) is 7.43. The van der Waals surface area contributed by atoms with Gasteiger partial charge in [0.1, 0.15) is 5.75 Å². The van der Waals surface area contributed by atoms with Gasteiger partial charge in [-0.1, -0.05) is 18.6 Å². The van der Waals surface area contributed by atoms with Gasteiger partial charge in [0.25, 0.3) is 0 Å². The zero-order valence-corrected chi connectivity index (χ0v) is 15.2. The molecule has 156 valence electrons. The second-order valence-corrected chi connectivity index (χ2v) is 7.13. The number of carboxylic acid groups (broad SMARTS) is 1. The molecule has 0 saturated heterocycles. The second-order valence-electron chi connectivity index (χ2n) is 7.13. The van der Waals surface area contributed by atoms with Gasteiger partial charge in [-0.3, -0.25) is 0 Å². The van der Waals surface area contributed by atoms with E-state index in [2.05, 4.69) is 0 Å². The van der Waals surface area contributed by atoms with Crippen molar-refractivity contribution in [2.75, 3.05) is 0 Å². The number of halogens is 5. The smallest absolute Gasteiger partial charge is 0.400 e. The maximum Gasteiger partial charge on any atom is 0.400 e. The molecule has 0 aliphatic heterocycles. The molecule has 1 aliphatic carbocycles. The molecule has 1 saturated carbocycles. The molecular weight excluding hydrogens is 383 g/mol. The molecule has 3 nitrogen and oxygen atoms in total. The number of hydrogen-bond acceptors (Lipinski definition) is 2. The van der Waals surface area contributed by atoms with Crippen molar-refractivity contribution in [3.63, 3.8) is 0 Å². The number of carboxylic acids is 1. The second kappa shape index (κ2) is 9.39. The molecule has 8 heteroatoms. The van der Waals surface area contributed by atoms with Gasteiger partial charge in [-0.05, 0) is 61.8 Å². The minimum atomic E-state index is -4.17. The van der Waals surface area contributed by atoms with E-state index in [-0.39, 0.29) is 30.9 Å². The molecule has 0 heterocycles. The summed E-state index contributed by atoms with van der Waals surface area (Å²) in [7, 11) is 0. The molecular formula is C20H23F5O3. The number of alkyl halides is 5. The fourth-order valence-electron chi connectivity index (χ4n) is 3.43. The largest absolute Gasteiger partial charge is 0.478 e. The van der Waals surface area contributed by atoms with E-state index in [1.165, 1.54) is 30.3 Å². The molecule has 1 fully saturated rings. The Morgan fingerprint density at radius 2 is 1.68 bits per heavy atom. The van der Waals surface area contributed by atoms with E-state index in [0.717, 1.165) is 6.08 Å². The van der Waals surface area contributed by atoms with Crippen LogP contribution in [0.1, 0.15) is 50.5 Å². The summed E-state index contributed by atoms with van der Waals surface area (Å²) >= 11 is 0. The molecule has 1 aromatic carbocycles. The molecule has 2 rings (SSSR count). The Morgan fingerprint density at radius 1 is 1.07 bits per heavy atom. The first-order valence-electron chi connectivity index (χ1n) is 9.20. The highest BCUT2D eigenvalue weighted by molar-refractivity contribution is 5.85. The standard InChI is InChI=1S/C20H23F5O3/c21-19(22,23)13-1-2-14-3-8-16(9-4-14)20(24,25)28-17-10-5-15(6-11-17)7-12-18(26)27/h5-7,10-12,14,16H,1-4,8-9,13H2,(H,26,27). The fourth-order valence-corrected chi connectivity index (χ4v) is 3.43. The number of carbonyl (C=O) groups is 1. The Balaban J connectivity index is 1.82. The van der Waals surface area contributed by atoms with E-state index in [1.54, 1.807) is 0 Å². The van der Waals surface area contributed by atoms with E-state index < -0.39 is 30.6 Å². The molecule has 0 aromatic heterocycles. The SMILES string of the molecule is O=C(O)C=Cc1ccc(OC(F)(F)C2CCC(CCCC(F)(F)F)CC2)cc1. The Hall–Kier alpha value is -2.12. The van der Waals surface area contributed by atoms with Gasteiger partial charge in [-0.2, -0.15) is 22.0 Å². The lowest BCUT2D eigenvalue weighted by atomic mass is 9.79. The first kappa shape index (κ1) is 22.2. The zero-order valence-electron chi connectivity index (χ0n) is 15.2. The van der Waals surface area contributed by atoms with Crippen LogP contribution >= 0.6 is 0 Å². The van der Waals surface area contributed by atoms with Crippen LogP contribution in [0.2, 0.25) is 0 Å². The van der Waals surface area contributed by atoms with Crippen molar-refractivity contribution in [3.8, 4) is 5.75 Å². The third-order valence-corrected chi connectivity index (χ3v) is 4.95. The third-order valence-electron chi connectivity index (χ3n) is 4.95. The van der Waals surface area contributed by atoms with Crippen molar-refractivity contribution in [2.24, 2.45) is 11.8 Å². The van der Waals surface area contributed by atoms with E-state index in [1.807, 2.05) is 0 Å². The van der Waals surface area contributed by atoms with Crippen molar-refractivity contribution in [1.82, 2.24) is 0 Å². The number of aliphatic carboxylic acids is 1. The molecule has 28 heavy (non-hydrogen) atoms. The quantitative estimate of drug-likeness (QED) is 0.407. The molecule has 0 radical (unpaired) electrons. The van der Waals surface area contributed by atoms with Crippen LogP contribution in [-0.4, -0.2) is 23.4 Å². The molecule has 0 spiro atoms. The van der Waals surface area contributed by atoms with Gasteiger partial charge in [0.15, 0.2) is 0 Å². The van der Waals surface area contributed by atoms with Crippen LogP contribution in [0.3, 0.4) is 0 Å². The summed E-state index contributed by atoms with van der Waals surface area (Å²) in [6, 6.07) is 5.64. The van der Waals surface area contributed by atoms with Crippen LogP contribution in [0.4, 0.5) is 22.0 Å². The molecule has 0 bridgehead atoms. The van der Waals surface area contributed by atoms with Crippen molar-refractivity contribution in [1.29, 1.82) is 0 Å². The van der Waals surface area contributed by atoms with E-state index >= 15 is 0 Å². The van der Waals surface area contributed by atoms with Gasteiger partial charge in [0, 0.05) is 12.5 Å². The molecule has 1 N–H and O–H groups in total. The summed E-state index contributed by atoms with van der Waals surface area (Å²) in [4.78, 5) is 10.5. The van der Waals surface area contributed by atoms with Gasteiger partial charge in [0.05, 0.1) is 5.92 Å². The van der Waals surface area contributed by atoms with E-state index in [4.69, 9.17) is 9.84 Å². The van der Waals surface area contributed by atoms with Crippen LogP contribution in [0.25, 0.3) is 6.08 Å². The number of rotatable bonds is 8. The normalized spacial score (nSPS) is 21.0. The molecule has 0 unspecified atom stereocenters. The summed E-state index contributed by atoms with van der Waals surface area (Å²) < 4.78 is 70.3. The van der Waals surface area contributed by atoms with Gasteiger partial charge < -0.3 is 9.84 Å². The maximum absolute atomic E-state index is 14.4. The van der Waals surface area contributed by atoms with Crippen molar-refractivity contribution in [3.05, 3.63) is 35.9 Å². The highest BCUT2D eigenvalue weighted by atomic mass is 19.4. The molecule has 0 amide bonds. The predicted octanol–water partition coefficient (Wildman–Crippen LogP) is 6.30. The van der Waals surface area contributed by atoms with Crippen molar-refractivity contribution < 1.29 is 36.6 Å². The molecule has 0 atom stereocenters. The average molecular weight is 406 g/mol. The summed E-state index contributed by atoms with van der Waals surface area (Å²) in [5.41, 5.74) is 0.539. The third kappa shape index (κ3) is 7.48. The van der Waals surface area contributed by atoms with Gasteiger partial charge in [-0.25, -0.2) is 4.79 Å². The minimum absolute atomic E-state index is 0.0234. The van der Waals surface area contributed by atoms with Crippen LogP contribution in [0.5, 0.6) is 5.75 Å². The predicted molar refractivity (Wildman–Crippen MR) is 94.0 cm³/mol. The van der Waals surface area contributed by atoms with Gasteiger partial charge >= 0.3 is 18.3 Å². The monoisotopic (exact) mass is 406 g/mol. The Labute approximate surface area is 160 Å². The fraction of sp³-hybridized carbons (Fsp3) is 0.550. The lowest BCUT2D eigenvalue weighted by molar-refractivity contribution is -0.223. The number of hydrogen-bond donors (Lipinski definition) is 1. The lowest BCUT2D eigenvalue weighted by Crippen LogP contribution is -2.37. The highest BCUT2D eigenvalue weighted by Gasteiger charge is 2.44. The summed E-state index contributed by atoms with van der Waals surface area (Å²) in [6.07, 6.45) is -4.27. The lowest BCUT2D eigenvalue weighted by Gasteiger charge is -2.33. The number of ether oxygens (including phenoxy) is 1.